The maximum atomic E-state index is 13.3. The molecular formula is C26H25Cl2NO3. The number of ether oxygens (including phenoxy) is 2. The van der Waals surface area contributed by atoms with Crippen LogP contribution in [-0.2, 0) is 11.2 Å². The highest BCUT2D eigenvalue weighted by molar-refractivity contribution is 6.31. The Kier molecular flexibility index (Phi) is 6.63. The van der Waals surface area contributed by atoms with Crippen LogP contribution in [-0.4, -0.2) is 24.2 Å². The molecule has 0 saturated heterocycles. The molecule has 0 fully saturated rings. The summed E-state index contributed by atoms with van der Waals surface area (Å²) in [4.78, 5) is 13.3. The van der Waals surface area contributed by atoms with Gasteiger partial charge in [-0.05, 0) is 55.7 Å². The minimum absolute atomic E-state index is 0.0699. The molecule has 32 heavy (non-hydrogen) atoms. The van der Waals surface area contributed by atoms with Gasteiger partial charge in [0.1, 0.15) is 6.61 Å². The van der Waals surface area contributed by atoms with Crippen molar-refractivity contribution in [1.82, 2.24) is 5.32 Å². The highest BCUT2D eigenvalue weighted by Crippen LogP contribution is 2.37. The number of nitrogens with one attached hydrogen (secondary N) is 1. The van der Waals surface area contributed by atoms with Crippen molar-refractivity contribution in [3.63, 3.8) is 0 Å². The molecule has 1 N–H and O–H groups in total. The molecule has 1 aliphatic rings. The first-order valence-electron chi connectivity index (χ1n) is 10.6. The van der Waals surface area contributed by atoms with Crippen molar-refractivity contribution in [3.05, 3.63) is 94.0 Å². The Balaban J connectivity index is 1.52. The minimum atomic E-state index is -1.14. The molecule has 0 aromatic heterocycles. The summed E-state index contributed by atoms with van der Waals surface area (Å²) in [7, 11) is 0. The van der Waals surface area contributed by atoms with Gasteiger partial charge in [0, 0.05) is 28.1 Å². The highest BCUT2D eigenvalue weighted by Gasteiger charge is 2.41. The first-order chi connectivity index (χ1) is 15.3. The van der Waals surface area contributed by atoms with Crippen LogP contribution in [0.15, 0.2) is 72.8 Å². The fourth-order valence-electron chi connectivity index (χ4n) is 3.90. The van der Waals surface area contributed by atoms with Gasteiger partial charge in [-0.1, -0.05) is 65.7 Å². The topological polar surface area (TPSA) is 47.6 Å². The van der Waals surface area contributed by atoms with Gasteiger partial charge in [-0.25, -0.2) is 0 Å². The molecule has 3 atom stereocenters. The first-order valence-corrected chi connectivity index (χ1v) is 11.3. The van der Waals surface area contributed by atoms with Crippen molar-refractivity contribution in [1.29, 1.82) is 0 Å². The van der Waals surface area contributed by atoms with Crippen LogP contribution in [0.3, 0.4) is 0 Å². The number of rotatable bonds is 6. The maximum Gasteiger partial charge on any atom is 0.267 e. The van der Waals surface area contributed by atoms with Crippen molar-refractivity contribution < 1.29 is 14.3 Å². The number of amides is 1. The Labute approximate surface area is 198 Å². The minimum Gasteiger partial charge on any atom is -0.485 e. The second-order valence-electron chi connectivity index (χ2n) is 8.32. The number of fused-ring (bicyclic) bond motifs is 1. The molecule has 0 aliphatic carbocycles. The number of hydrogen-bond donors (Lipinski definition) is 1. The van der Waals surface area contributed by atoms with Crippen LogP contribution in [0.1, 0.15) is 30.9 Å². The lowest BCUT2D eigenvalue weighted by molar-refractivity contribution is -0.140. The van der Waals surface area contributed by atoms with Crippen LogP contribution in [0.5, 0.6) is 11.5 Å². The van der Waals surface area contributed by atoms with Crippen molar-refractivity contribution in [2.45, 2.75) is 37.8 Å². The molecule has 1 unspecified atom stereocenters. The summed E-state index contributed by atoms with van der Waals surface area (Å²) < 4.78 is 11.8. The first kappa shape index (κ1) is 22.5. The van der Waals surface area contributed by atoms with E-state index in [1.165, 1.54) is 0 Å². The molecule has 4 rings (SSSR count). The zero-order valence-electron chi connectivity index (χ0n) is 18.0. The largest absolute Gasteiger partial charge is 0.485 e. The van der Waals surface area contributed by atoms with E-state index in [9.17, 15) is 4.79 Å². The predicted octanol–water partition coefficient (Wildman–Crippen LogP) is 6.05. The van der Waals surface area contributed by atoms with E-state index in [-0.39, 0.29) is 24.5 Å². The van der Waals surface area contributed by atoms with Gasteiger partial charge < -0.3 is 14.8 Å². The van der Waals surface area contributed by atoms with E-state index in [0.29, 0.717) is 21.5 Å². The van der Waals surface area contributed by atoms with Crippen molar-refractivity contribution in [2.24, 2.45) is 0 Å². The third kappa shape index (κ3) is 5.03. The van der Waals surface area contributed by atoms with Crippen molar-refractivity contribution >= 4 is 29.1 Å². The quantitative estimate of drug-likeness (QED) is 0.477. The van der Waals surface area contributed by atoms with E-state index in [0.717, 1.165) is 17.5 Å². The Bertz CT molecular complexity index is 1090. The fourth-order valence-corrected chi connectivity index (χ4v) is 4.18. The number of halogens is 2. The molecule has 4 nitrogen and oxygen atoms in total. The summed E-state index contributed by atoms with van der Waals surface area (Å²) in [6, 6.07) is 23.0. The molecule has 3 aromatic carbocycles. The lowest BCUT2D eigenvalue weighted by Gasteiger charge is -2.36. The average molecular weight is 470 g/mol. The summed E-state index contributed by atoms with van der Waals surface area (Å²) in [6.07, 6.45) is 0.762. The average Bonchev–Trinajstić information content (AvgIpc) is 2.79. The van der Waals surface area contributed by atoms with E-state index in [2.05, 4.69) is 17.4 Å². The van der Waals surface area contributed by atoms with Crippen LogP contribution < -0.4 is 14.8 Å². The summed E-state index contributed by atoms with van der Waals surface area (Å²) >= 11 is 12.1. The monoisotopic (exact) mass is 469 g/mol. The Morgan fingerprint density at radius 3 is 2.41 bits per heavy atom. The van der Waals surface area contributed by atoms with E-state index in [1.54, 1.807) is 25.1 Å². The van der Waals surface area contributed by atoms with Crippen LogP contribution in [0.2, 0.25) is 10.0 Å². The molecule has 0 spiro atoms. The molecule has 1 aliphatic heterocycles. The van der Waals surface area contributed by atoms with E-state index in [1.807, 2.05) is 49.4 Å². The normalized spacial score (nSPS) is 19.1. The van der Waals surface area contributed by atoms with Gasteiger partial charge in [0.15, 0.2) is 11.5 Å². The molecule has 0 saturated carbocycles. The SMILES string of the molecule is C[C@H](NC(=O)C1(C)COc2cc(Cl)ccc2O1)[C@@H](Cc1ccc(Cl)cc1)c1ccccc1. The number of carbonyl (C=O) groups is 1. The summed E-state index contributed by atoms with van der Waals surface area (Å²) in [5, 5.41) is 4.43. The van der Waals surface area contributed by atoms with Gasteiger partial charge in [-0.3, -0.25) is 4.79 Å². The molecule has 1 heterocycles. The number of benzene rings is 3. The molecular weight excluding hydrogens is 445 g/mol. The third-order valence-corrected chi connectivity index (χ3v) is 6.27. The standard InChI is InChI=1S/C26H25Cl2NO3/c1-17(22(19-6-4-3-5-7-19)14-18-8-10-20(27)11-9-18)29-25(30)26(2)16-31-24-15-21(28)12-13-23(24)32-26/h3-13,15,17,22H,14,16H2,1-2H3,(H,29,30)/t17-,22+,26?/m0/s1. The third-order valence-electron chi connectivity index (χ3n) is 5.78. The molecule has 166 valence electrons. The van der Waals surface area contributed by atoms with Gasteiger partial charge in [0.25, 0.3) is 5.91 Å². The zero-order valence-corrected chi connectivity index (χ0v) is 19.5. The lowest BCUT2D eigenvalue weighted by Crippen LogP contribution is -2.57. The lowest BCUT2D eigenvalue weighted by atomic mass is 9.86. The van der Waals surface area contributed by atoms with Gasteiger partial charge in [-0.15, -0.1) is 0 Å². The van der Waals surface area contributed by atoms with E-state index in [4.69, 9.17) is 32.7 Å². The smallest absolute Gasteiger partial charge is 0.267 e. The Morgan fingerprint density at radius 2 is 1.69 bits per heavy atom. The summed E-state index contributed by atoms with van der Waals surface area (Å²) in [5.74, 6) is 0.899. The maximum absolute atomic E-state index is 13.3. The molecule has 1 amide bonds. The highest BCUT2D eigenvalue weighted by atomic mass is 35.5. The summed E-state index contributed by atoms with van der Waals surface area (Å²) in [5.41, 5.74) is 1.16. The number of carbonyl (C=O) groups excluding carboxylic acids is 1. The number of hydrogen-bond acceptors (Lipinski definition) is 3. The van der Waals surface area contributed by atoms with Crippen molar-refractivity contribution in [3.8, 4) is 11.5 Å². The second kappa shape index (κ2) is 9.43. The van der Waals surface area contributed by atoms with E-state index >= 15 is 0 Å². The van der Waals surface area contributed by atoms with Crippen LogP contribution in [0, 0.1) is 0 Å². The molecule has 0 radical (unpaired) electrons. The second-order valence-corrected chi connectivity index (χ2v) is 9.20. The van der Waals surface area contributed by atoms with E-state index < -0.39 is 5.60 Å². The van der Waals surface area contributed by atoms with Gasteiger partial charge in [0.05, 0.1) is 0 Å². The van der Waals surface area contributed by atoms with Crippen LogP contribution in [0.4, 0.5) is 0 Å². The van der Waals surface area contributed by atoms with Crippen molar-refractivity contribution in [2.75, 3.05) is 6.61 Å². The van der Waals surface area contributed by atoms with Gasteiger partial charge in [-0.2, -0.15) is 0 Å². The predicted molar refractivity (Wildman–Crippen MR) is 128 cm³/mol. The summed E-state index contributed by atoms with van der Waals surface area (Å²) in [6.45, 7) is 3.86. The van der Waals surface area contributed by atoms with Gasteiger partial charge >= 0.3 is 0 Å². The van der Waals surface area contributed by atoms with Crippen LogP contribution in [0.25, 0.3) is 0 Å². The Hall–Kier alpha value is -2.69. The van der Waals surface area contributed by atoms with Crippen LogP contribution >= 0.6 is 23.2 Å². The molecule has 6 heteroatoms. The Morgan fingerprint density at radius 1 is 1.00 bits per heavy atom. The fraction of sp³-hybridized carbons (Fsp3) is 0.269. The zero-order chi connectivity index (χ0) is 22.7. The molecule has 0 bridgehead atoms. The van der Waals surface area contributed by atoms with Gasteiger partial charge in [0.2, 0.25) is 5.60 Å². The molecule has 3 aromatic rings.